The van der Waals surface area contributed by atoms with E-state index in [1.165, 1.54) is 24.3 Å². The van der Waals surface area contributed by atoms with E-state index in [0.717, 1.165) is 6.07 Å². The Bertz CT molecular complexity index is 747. The average molecular weight is 377 g/mol. The third-order valence-electron chi connectivity index (χ3n) is 2.70. The van der Waals surface area contributed by atoms with Crippen molar-refractivity contribution >= 4 is 52.4 Å². The smallest absolute Gasteiger partial charge is 0.341 e. The van der Waals surface area contributed by atoms with Gasteiger partial charge in [0.05, 0.1) is 21.3 Å². The Balaban J connectivity index is 1.99. The highest BCUT2D eigenvalue weighted by molar-refractivity contribution is 6.39. The van der Waals surface area contributed by atoms with Gasteiger partial charge in [-0.05, 0) is 30.3 Å². The van der Waals surface area contributed by atoms with Gasteiger partial charge < -0.3 is 10.1 Å². The summed E-state index contributed by atoms with van der Waals surface area (Å²) >= 11 is 17.4. The van der Waals surface area contributed by atoms with Crippen molar-refractivity contribution < 1.29 is 18.7 Å². The summed E-state index contributed by atoms with van der Waals surface area (Å²) in [5.41, 5.74) is -0.160. The van der Waals surface area contributed by atoms with Crippen molar-refractivity contribution in [3.8, 4) is 0 Å². The Morgan fingerprint density at radius 3 is 2.39 bits per heavy atom. The first-order valence-corrected chi connectivity index (χ1v) is 7.38. The number of anilines is 1. The molecule has 0 aliphatic carbocycles. The molecule has 1 amide bonds. The molecular formula is C15H9Cl3FNO3. The topological polar surface area (TPSA) is 55.4 Å². The Morgan fingerprint density at radius 1 is 1.09 bits per heavy atom. The SMILES string of the molecule is O=C(COC(=O)c1c(Cl)cccc1Cl)Nc1cc(Cl)ccc1F. The van der Waals surface area contributed by atoms with Crippen LogP contribution in [0.5, 0.6) is 0 Å². The van der Waals surface area contributed by atoms with Crippen LogP contribution >= 0.6 is 34.8 Å². The Labute approximate surface area is 146 Å². The Morgan fingerprint density at radius 2 is 1.74 bits per heavy atom. The number of carbonyl (C=O) groups is 2. The molecule has 1 N–H and O–H groups in total. The zero-order valence-electron chi connectivity index (χ0n) is 11.4. The summed E-state index contributed by atoms with van der Waals surface area (Å²) in [5.74, 6) is -2.26. The number of nitrogens with one attached hydrogen (secondary N) is 1. The molecule has 0 aliphatic heterocycles. The van der Waals surface area contributed by atoms with Crippen LogP contribution in [0.15, 0.2) is 36.4 Å². The molecular weight excluding hydrogens is 368 g/mol. The number of rotatable bonds is 4. The van der Waals surface area contributed by atoms with E-state index < -0.39 is 24.3 Å². The fraction of sp³-hybridized carbons (Fsp3) is 0.0667. The van der Waals surface area contributed by atoms with Crippen molar-refractivity contribution in [3.05, 3.63) is 62.8 Å². The standard InChI is InChI=1S/C15H9Cl3FNO3/c16-8-4-5-11(19)12(6-8)20-13(21)7-23-15(22)14-9(17)2-1-3-10(14)18/h1-6H,7H2,(H,20,21). The summed E-state index contributed by atoms with van der Waals surface area (Å²) in [5, 5.41) is 2.70. The number of esters is 1. The maximum absolute atomic E-state index is 13.5. The molecule has 0 unspecified atom stereocenters. The van der Waals surface area contributed by atoms with Crippen LogP contribution < -0.4 is 5.32 Å². The maximum Gasteiger partial charge on any atom is 0.341 e. The molecule has 0 radical (unpaired) electrons. The second-order valence-corrected chi connectivity index (χ2v) is 5.60. The molecule has 0 saturated heterocycles. The largest absolute Gasteiger partial charge is 0.452 e. The third kappa shape index (κ3) is 4.58. The van der Waals surface area contributed by atoms with Gasteiger partial charge in [-0.15, -0.1) is 0 Å². The first-order valence-electron chi connectivity index (χ1n) is 6.24. The number of ether oxygens (including phenoxy) is 1. The highest BCUT2D eigenvalue weighted by atomic mass is 35.5. The maximum atomic E-state index is 13.5. The van der Waals surface area contributed by atoms with E-state index in [1.807, 2.05) is 0 Å². The predicted molar refractivity (Wildman–Crippen MR) is 86.8 cm³/mol. The minimum absolute atomic E-state index is 0.0439. The number of benzene rings is 2. The molecule has 8 heteroatoms. The summed E-state index contributed by atoms with van der Waals surface area (Å²) in [7, 11) is 0. The fourth-order valence-corrected chi connectivity index (χ4v) is 2.40. The molecule has 0 aromatic heterocycles. The van der Waals surface area contributed by atoms with Crippen LogP contribution in [0, 0.1) is 5.82 Å². The lowest BCUT2D eigenvalue weighted by Crippen LogP contribution is -2.21. The molecule has 0 saturated carbocycles. The van der Waals surface area contributed by atoms with E-state index in [9.17, 15) is 14.0 Å². The molecule has 2 aromatic rings. The first kappa shape index (κ1) is 17.5. The number of hydrogen-bond donors (Lipinski definition) is 1. The van der Waals surface area contributed by atoms with E-state index in [-0.39, 0.29) is 26.3 Å². The monoisotopic (exact) mass is 375 g/mol. The summed E-state index contributed by atoms with van der Waals surface area (Å²) in [4.78, 5) is 23.6. The van der Waals surface area contributed by atoms with E-state index in [1.54, 1.807) is 6.07 Å². The van der Waals surface area contributed by atoms with Gasteiger partial charge in [0.15, 0.2) is 6.61 Å². The number of halogens is 4. The summed E-state index contributed by atoms with van der Waals surface area (Å²) in [6, 6.07) is 8.17. The van der Waals surface area contributed by atoms with Crippen LogP contribution in [0.4, 0.5) is 10.1 Å². The van der Waals surface area contributed by atoms with Crippen molar-refractivity contribution in [3.63, 3.8) is 0 Å². The second kappa shape index (κ2) is 7.64. The van der Waals surface area contributed by atoms with Gasteiger partial charge in [-0.3, -0.25) is 4.79 Å². The minimum Gasteiger partial charge on any atom is -0.452 e. The molecule has 0 spiro atoms. The Kier molecular flexibility index (Phi) is 5.82. The minimum atomic E-state index is -0.859. The molecule has 4 nitrogen and oxygen atoms in total. The van der Waals surface area contributed by atoms with Crippen LogP contribution in [0.2, 0.25) is 15.1 Å². The van der Waals surface area contributed by atoms with E-state index in [0.29, 0.717) is 0 Å². The predicted octanol–water partition coefficient (Wildman–Crippen LogP) is 4.58. The zero-order valence-corrected chi connectivity index (χ0v) is 13.7. The number of amides is 1. The van der Waals surface area contributed by atoms with Crippen LogP contribution in [-0.2, 0) is 9.53 Å². The van der Waals surface area contributed by atoms with E-state index in [2.05, 4.69) is 5.32 Å². The fourth-order valence-electron chi connectivity index (χ4n) is 1.68. The van der Waals surface area contributed by atoms with Crippen molar-refractivity contribution in [1.29, 1.82) is 0 Å². The van der Waals surface area contributed by atoms with Crippen LogP contribution in [0.25, 0.3) is 0 Å². The van der Waals surface area contributed by atoms with E-state index >= 15 is 0 Å². The molecule has 0 bridgehead atoms. The van der Waals surface area contributed by atoms with Gasteiger partial charge in [-0.2, -0.15) is 0 Å². The molecule has 23 heavy (non-hydrogen) atoms. The quantitative estimate of drug-likeness (QED) is 0.795. The Hall–Kier alpha value is -1.82. The van der Waals surface area contributed by atoms with Crippen LogP contribution in [0.3, 0.4) is 0 Å². The zero-order chi connectivity index (χ0) is 17.0. The number of carbonyl (C=O) groups excluding carboxylic acids is 2. The summed E-state index contributed by atoms with van der Waals surface area (Å²) in [6.45, 7) is -0.633. The molecule has 0 aliphatic rings. The van der Waals surface area contributed by atoms with Gasteiger partial charge in [-0.25, -0.2) is 9.18 Å². The van der Waals surface area contributed by atoms with Crippen molar-refractivity contribution in [2.75, 3.05) is 11.9 Å². The van der Waals surface area contributed by atoms with Gasteiger partial charge in [0.2, 0.25) is 0 Å². The molecule has 0 atom stereocenters. The van der Waals surface area contributed by atoms with Crippen molar-refractivity contribution in [2.24, 2.45) is 0 Å². The van der Waals surface area contributed by atoms with Crippen molar-refractivity contribution in [1.82, 2.24) is 0 Å². The van der Waals surface area contributed by atoms with Gasteiger partial charge in [-0.1, -0.05) is 40.9 Å². The van der Waals surface area contributed by atoms with Gasteiger partial charge in [0.1, 0.15) is 5.82 Å². The lowest BCUT2D eigenvalue weighted by Gasteiger charge is -2.09. The first-order chi connectivity index (χ1) is 10.9. The highest BCUT2D eigenvalue weighted by Gasteiger charge is 2.17. The molecule has 0 fully saturated rings. The second-order valence-electron chi connectivity index (χ2n) is 4.35. The van der Waals surface area contributed by atoms with E-state index in [4.69, 9.17) is 39.5 Å². The van der Waals surface area contributed by atoms with Gasteiger partial charge in [0, 0.05) is 5.02 Å². The average Bonchev–Trinajstić information content (AvgIpc) is 2.49. The molecule has 120 valence electrons. The van der Waals surface area contributed by atoms with Crippen LogP contribution in [0.1, 0.15) is 10.4 Å². The highest BCUT2D eigenvalue weighted by Crippen LogP contribution is 2.25. The molecule has 2 rings (SSSR count). The summed E-state index contributed by atoms with van der Waals surface area (Å²) < 4.78 is 18.3. The van der Waals surface area contributed by atoms with Crippen LogP contribution in [-0.4, -0.2) is 18.5 Å². The molecule has 2 aromatic carbocycles. The lowest BCUT2D eigenvalue weighted by molar-refractivity contribution is -0.119. The van der Waals surface area contributed by atoms with Gasteiger partial charge >= 0.3 is 5.97 Å². The number of hydrogen-bond acceptors (Lipinski definition) is 3. The molecule has 0 heterocycles. The summed E-state index contributed by atoms with van der Waals surface area (Å²) in [6.07, 6.45) is 0. The lowest BCUT2D eigenvalue weighted by atomic mass is 10.2. The normalized spacial score (nSPS) is 10.3. The van der Waals surface area contributed by atoms with Gasteiger partial charge in [0.25, 0.3) is 5.91 Å². The van der Waals surface area contributed by atoms with Crippen molar-refractivity contribution in [2.45, 2.75) is 0 Å². The third-order valence-corrected chi connectivity index (χ3v) is 3.57.